The first-order valence-corrected chi connectivity index (χ1v) is 11.4. The van der Waals surface area contributed by atoms with E-state index in [0.717, 1.165) is 28.1 Å². The molecule has 8 bridgehead atoms. The standard InChI is InChI=1S/C27H24FN5O2/c1-3-35-25(34)26(2,16-29)15-27-13-22-9-8-20(32-22)11-18-5-4-17(30-18)10-19-6-7-21(31-19)12-24(33-27)23(28)14-27/h4-12,14,31-32H,3,13,15H2,1-2H3. The summed E-state index contributed by atoms with van der Waals surface area (Å²) in [5, 5.41) is 11.4. The summed E-state index contributed by atoms with van der Waals surface area (Å²) >= 11 is 0. The normalized spacial score (nSPS) is 22.0. The van der Waals surface area contributed by atoms with Crippen LogP contribution in [0.4, 0.5) is 4.39 Å². The molecule has 2 aromatic heterocycles. The minimum absolute atomic E-state index is 0.0321. The predicted molar refractivity (Wildman–Crippen MR) is 132 cm³/mol. The van der Waals surface area contributed by atoms with E-state index < -0.39 is 22.8 Å². The van der Waals surface area contributed by atoms with Gasteiger partial charge in [0.15, 0.2) is 5.41 Å². The van der Waals surface area contributed by atoms with Crippen LogP contribution in [0.1, 0.15) is 31.7 Å². The van der Waals surface area contributed by atoms with Crippen molar-refractivity contribution in [3.63, 3.8) is 0 Å². The summed E-state index contributed by atoms with van der Waals surface area (Å²) in [4.78, 5) is 28.6. The third kappa shape index (κ3) is 4.45. The zero-order chi connectivity index (χ0) is 24.6. The molecule has 0 aliphatic carbocycles. The molecule has 0 amide bonds. The van der Waals surface area contributed by atoms with Crippen molar-refractivity contribution in [1.29, 1.82) is 5.26 Å². The number of fused-ring (bicyclic) bond motifs is 6. The third-order valence-corrected chi connectivity index (χ3v) is 6.19. The van der Waals surface area contributed by atoms with Crippen LogP contribution < -0.4 is 10.7 Å². The molecular formula is C27H24FN5O2. The lowest BCUT2D eigenvalue weighted by Gasteiger charge is -2.30. The molecule has 0 saturated heterocycles. The Kier molecular flexibility index (Phi) is 5.48. The lowest BCUT2D eigenvalue weighted by molar-refractivity contribution is -0.152. The van der Waals surface area contributed by atoms with Crippen molar-refractivity contribution in [1.82, 2.24) is 9.97 Å². The number of aliphatic imine (C=N–C) groups is 2. The smallest absolute Gasteiger partial charge is 0.326 e. The summed E-state index contributed by atoms with van der Waals surface area (Å²) < 4.78 is 20.5. The molecule has 0 fully saturated rings. The fraction of sp³-hybridized carbons (Fsp3) is 0.259. The van der Waals surface area contributed by atoms with Gasteiger partial charge in [0.2, 0.25) is 0 Å². The van der Waals surface area contributed by atoms with Crippen molar-refractivity contribution in [2.75, 3.05) is 6.61 Å². The molecule has 0 spiro atoms. The molecule has 5 heterocycles. The maximum atomic E-state index is 15.3. The molecule has 0 saturated carbocycles. The number of carbonyl (C=O) groups is 1. The summed E-state index contributed by atoms with van der Waals surface area (Å²) in [5.41, 5.74) is 0.736. The van der Waals surface area contributed by atoms with E-state index in [1.165, 1.54) is 13.0 Å². The van der Waals surface area contributed by atoms with E-state index in [0.29, 0.717) is 5.35 Å². The Labute approximate surface area is 201 Å². The second-order valence-electron chi connectivity index (χ2n) is 9.15. The van der Waals surface area contributed by atoms with E-state index in [9.17, 15) is 10.1 Å². The number of hydrogen-bond acceptors (Lipinski definition) is 5. The number of nitriles is 1. The third-order valence-electron chi connectivity index (χ3n) is 6.19. The fourth-order valence-electron chi connectivity index (χ4n) is 4.64. The number of esters is 1. The van der Waals surface area contributed by atoms with Gasteiger partial charge in [-0.15, -0.1) is 0 Å². The molecule has 0 aromatic carbocycles. The lowest BCUT2D eigenvalue weighted by Crippen LogP contribution is -2.39. The number of rotatable bonds is 4. The molecule has 3 aliphatic rings. The highest BCUT2D eigenvalue weighted by Crippen LogP contribution is 2.40. The second kappa shape index (κ2) is 8.51. The van der Waals surface area contributed by atoms with Gasteiger partial charge in [-0.2, -0.15) is 5.26 Å². The zero-order valence-corrected chi connectivity index (χ0v) is 19.4. The number of aromatic nitrogens is 2. The van der Waals surface area contributed by atoms with E-state index in [1.54, 1.807) is 13.0 Å². The van der Waals surface area contributed by atoms with Gasteiger partial charge in [-0.1, -0.05) is 0 Å². The number of aromatic amines is 2. The van der Waals surface area contributed by atoms with E-state index in [1.807, 2.05) is 48.6 Å². The lowest BCUT2D eigenvalue weighted by atomic mass is 9.76. The van der Waals surface area contributed by atoms with Crippen molar-refractivity contribution in [2.45, 2.75) is 32.2 Å². The van der Waals surface area contributed by atoms with Crippen LogP contribution in [0.2, 0.25) is 0 Å². The van der Waals surface area contributed by atoms with Crippen molar-refractivity contribution < 1.29 is 13.9 Å². The zero-order valence-electron chi connectivity index (χ0n) is 19.4. The van der Waals surface area contributed by atoms with Gasteiger partial charge in [-0.25, -0.2) is 9.38 Å². The number of allylic oxidation sites excluding steroid dienone is 3. The number of halogens is 1. The Morgan fingerprint density at radius 3 is 2.77 bits per heavy atom. The molecule has 5 rings (SSSR count). The van der Waals surface area contributed by atoms with Crippen LogP contribution in [0.25, 0.3) is 18.2 Å². The van der Waals surface area contributed by atoms with Crippen molar-refractivity contribution >= 4 is 35.6 Å². The van der Waals surface area contributed by atoms with Crippen LogP contribution in [0.5, 0.6) is 0 Å². The Morgan fingerprint density at radius 2 is 2.00 bits per heavy atom. The average Bonchev–Trinajstić information content (AvgIpc) is 3.59. The fourth-order valence-corrected chi connectivity index (χ4v) is 4.64. The minimum atomic E-state index is -1.50. The molecule has 8 heteroatoms. The number of nitrogens with zero attached hydrogens (tertiary/aromatic N) is 3. The van der Waals surface area contributed by atoms with E-state index in [-0.39, 0.29) is 25.2 Å². The largest absolute Gasteiger partial charge is 0.465 e. The van der Waals surface area contributed by atoms with Gasteiger partial charge in [0.05, 0.1) is 35.3 Å². The highest BCUT2D eigenvalue weighted by atomic mass is 19.1. The molecular weight excluding hydrogens is 445 g/mol. The van der Waals surface area contributed by atoms with Crippen LogP contribution in [0.15, 0.2) is 64.0 Å². The van der Waals surface area contributed by atoms with Crippen molar-refractivity contribution in [3.8, 4) is 6.07 Å². The number of hydrogen-bond donors (Lipinski definition) is 2. The highest BCUT2D eigenvalue weighted by Gasteiger charge is 2.46. The second-order valence-corrected chi connectivity index (χ2v) is 9.15. The maximum Gasteiger partial charge on any atom is 0.326 e. The molecule has 2 atom stereocenters. The molecule has 3 aliphatic heterocycles. The number of carbonyl (C=O) groups excluding carboxylic acids is 1. The maximum absolute atomic E-state index is 15.3. The molecule has 35 heavy (non-hydrogen) atoms. The SMILES string of the molecule is CCOC(=O)C(C)(C#N)CC12C=C(F)C(=N1)C=c1ccc([nH]1)=CC1=NC(=Cc3ccc([nH]3)C2)C=C1. The topological polar surface area (TPSA) is 106 Å². The summed E-state index contributed by atoms with van der Waals surface area (Å²) in [5.74, 6) is -1.15. The molecule has 2 unspecified atom stereocenters. The van der Waals surface area contributed by atoms with Crippen LogP contribution in [-0.2, 0) is 16.0 Å². The van der Waals surface area contributed by atoms with Crippen molar-refractivity contribution in [3.05, 3.63) is 76.1 Å². The number of H-pyrrole nitrogens is 2. The Morgan fingerprint density at radius 1 is 1.20 bits per heavy atom. The minimum Gasteiger partial charge on any atom is -0.465 e. The van der Waals surface area contributed by atoms with Gasteiger partial charge >= 0.3 is 5.97 Å². The first kappa shape index (κ1) is 22.5. The van der Waals surface area contributed by atoms with Gasteiger partial charge in [-0.05, 0) is 74.6 Å². The van der Waals surface area contributed by atoms with Crippen LogP contribution in [0.3, 0.4) is 0 Å². The predicted octanol–water partition coefficient (Wildman–Crippen LogP) is 3.04. The van der Waals surface area contributed by atoms with E-state index >= 15 is 4.39 Å². The van der Waals surface area contributed by atoms with E-state index in [4.69, 9.17) is 9.73 Å². The molecule has 0 radical (unpaired) electrons. The first-order valence-electron chi connectivity index (χ1n) is 11.4. The van der Waals surface area contributed by atoms with Crippen LogP contribution in [-0.4, -0.2) is 39.5 Å². The molecule has 2 aromatic rings. The summed E-state index contributed by atoms with van der Waals surface area (Å²) in [6.07, 6.45) is 11.0. The summed E-state index contributed by atoms with van der Waals surface area (Å²) in [6.45, 7) is 3.35. The Hall–Kier alpha value is -4.25. The summed E-state index contributed by atoms with van der Waals surface area (Å²) in [6, 6.07) is 9.62. The monoisotopic (exact) mass is 469 g/mol. The molecule has 2 N–H and O–H groups in total. The van der Waals surface area contributed by atoms with E-state index in [2.05, 4.69) is 21.0 Å². The summed E-state index contributed by atoms with van der Waals surface area (Å²) in [7, 11) is 0. The Bertz CT molecular complexity index is 1530. The number of ether oxygens (including phenoxy) is 1. The quantitative estimate of drug-likeness (QED) is 0.672. The Balaban J connectivity index is 1.66. The highest BCUT2D eigenvalue weighted by molar-refractivity contribution is 6.21. The molecule has 7 nitrogen and oxygen atoms in total. The average molecular weight is 470 g/mol. The van der Waals surface area contributed by atoms with Crippen LogP contribution in [0, 0.1) is 16.7 Å². The number of nitrogens with one attached hydrogen (secondary N) is 2. The van der Waals surface area contributed by atoms with Crippen molar-refractivity contribution in [2.24, 2.45) is 15.4 Å². The van der Waals surface area contributed by atoms with Gasteiger partial charge in [0, 0.05) is 34.9 Å². The molecule has 176 valence electrons. The van der Waals surface area contributed by atoms with Crippen LogP contribution >= 0.6 is 0 Å². The first-order chi connectivity index (χ1) is 16.8. The van der Waals surface area contributed by atoms with Gasteiger partial charge in [0.1, 0.15) is 5.83 Å². The van der Waals surface area contributed by atoms with Gasteiger partial charge < -0.3 is 14.7 Å². The van der Waals surface area contributed by atoms with Gasteiger partial charge in [0.25, 0.3) is 0 Å². The van der Waals surface area contributed by atoms with Gasteiger partial charge in [-0.3, -0.25) is 9.79 Å².